The molecule has 2 saturated carbocycles. The Kier molecular flexibility index (Phi) is 8.26. The fourth-order valence-corrected chi connectivity index (χ4v) is 7.26. The van der Waals surface area contributed by atoms with E-state index in [1.54, 1.807) is 4.90 Å². The van der Waals surface area contributed by atoms with Crippen LogP contribution in [-0.4, -0.2) is 48.7 Å². The van der Waals surface area contributed by atoms with Gasteiger partial charge in [0.05, 0.1) is 19.3 Å². The minimum Gasteiger partial charge on any atom is -0.465 e. The second-order valence-corrected chi connectivity index (χ2v) is 17.8. The standard InChI is InChI=1S/C28H47NO4Si/c1-27(2,3)29(26(30)31)22-14-15-23-21(16-22)17-25(33-34(7,8)28(4,5)6)24(23)19-32-18-20-12-10-9-11-13-20/h9-13,21-25H,14-19H2,1-8H3,(H,30,31)/t21-,22?,23+,24-,25-/m0/s1. The normalized spacial score (nSPS) is 27.9. The predicted octanol–water partition coefficient (Wildman–Crippen LogP) is 7.18. The molecule has 34 heavy (non-hydrogen) atoms. The molecule has 0 saturated heterocycles. The highest BCUT2D eigenvalue weighted by Gasteiger charge is 2.51. The number of rotatable bonds is 7. The summed E-state index contributed by atoms with van der Waals surface area (Å²) >= 11 is 0. The quantitative estimate of drug-likeness (QED) is 0.412. The molecule has 0 aliphatic heterocycles. The van der Waals surface area contributed by atoms with Gasteiger partial charge in [-0.2, -0.15) is 0 Å². The first-order valence-electron chi connectivity index (χ1n) is 13.0. The van der Waals surface area contributed by atoms with Crippen molar-refractivity contribution in [3.8, 4) is 0 Å². The lowest BCUT2D eigenvalue weighted by atomic mass is 9.75. The summed E-state index contributed by atoms with van der Waals surface area (Å²) < 4.78 is 13.3. The molecule has 2 fully saturated rings. The maximum atomic E-state index is 12.1. The maximum absolute atomic E-state index is 12.1. The Hall–Kier alpha value is -1.37. The summed E-state index contributed by atoms with van der Waals surface area (Å²) in [7, 11) is -1.93. The summed E-state index contributed by atoms with van der Waals surface area (Å²) in [6.07, 6.45) is 3.31. The van der Waals surface area contributed by atoms with Crippen molar-refractivity contribution < 1.29 is 19.1 Å². The van der Waals surface area contributed by atoms with Crippen molar-refractivity contribution in [3.05, 3.63) is 35.9 Å². The van der Waals surface area contributed by atoms with Gasteiger partial charge in [-0.25, -0.2) is 4.79 Å². The summed E-state index contributed by atoms with van der Waals surface area (Å²) in [5, 5.41) is 10.1. The molecule has 1 N–H and O–H groups in total. The lowest BCUT2D eigenvalue weighted by Crippen LogP contribution is -2.53. The number of hydrogen-bond acceptors (Lipinski definition) is 3. The minimum atomic E-state index is -1.93. The van der Waals surface area contributed by atoms with Crippen molar-refractivity contribution in [1.82, 2.24) is 4.90 Å². The van der Waals surface area contributed by atoms with Gasteiger partial charge in [0.25, 0.3) is 0 Å². The van der Waals surface area contributed by atoms with Gasteiger partial charge in [0.2, 0.25) is 0 Å². The zero-order chi connectivity index (χ0) is 25.3. The summed E-state index contributed by atoms with van der Waals surface area (Å²) in [5.41, 5.74) is 0.807. The van der Waals surface area contributed by atoms with Crippen LogP contribution in [0.25, 0.3) is 0 Å². The van der Waals surface area contributed by atoms with Crippen LogP contribution < -0.4 is 0 Å². The minimum absolute atomic E-state index is 0.0799. The van der Waals surface area contributed by atoms with Crippen molar-refractivity contribution in [2.45, 2.75) is 110 Å². The van der Waals surface area contributed by atoms with Crippen LogP contribution >= 0.6 is 0 Å². The number of carboxylic acid groups (broad SMARTS) is 1. The molecule has 1 amide bonds. The molecular formula is C28H47NO4Si. The predicted molar refractivity (Wildman–Crippen MR) is 141 cm³/mol. The summed E-state index contributed by atoms with van der Waals surface area (Å²) in [6, 6.07) is 10.4. The third-order valence-electron chi connectivity index (χ3n) is 8.54. The first-order chi connectivity index (χ1) is 15.7. The van der Waals surface area contributed by atoms with Gasteiger partial charge >= 0.3 is 6.09 Å². The highest BCUT2D eigenvalue weighted by molar-refractivity contribution is 6.74. The SMILES string of the molecule is CC(C)(C)N(C(=O)O)C1CC[C@@H]2[C@@H](C1)C[C@H](O[Si](C)(C)C(C)(C)C)[C@H]2COCc1ccccc1. The first-order valence-corrected chi connectivity index (χ1v) is 15.9. The lowest BCUT2D eigenvalue weighted by molar-refractivity contribution is 0.00749. The van der Waals surface area contributed by atoms with E-state index in [9.17, 15) is 9.90 Å². The molecule has 2 aliphatic rings. The Balaban J connectivity index is 1.76. The van der Waals surface area contributed by atoms with E-state index in [2.05, 4.69) is 58.1 Å². The van der Waals surface area contributed by atoms with Crippen molar-refractivity contribution in [2.24, 2.45) is 17.8 Å². The molecule has 5 nitrogen and oxygen atoms in total. The summed E-state index contributed by atoms with van der Waals surface area (Å²) in [4.78, 5) is 13.8. The number of nitrogens with zero attached hydrogens (tertiary/aromatic N) is 1. The third-order valence-corrected chi connectivity index (χ3v) is 13.0. The van der Waals surface area contributed by atoms with E-state index in [1.165, 1.54) is 5.56 Å². The highest BCUT2D eigenvalue weighted by Crippen LogP contribution is 2.51. The van der Waals surface area contributed by atoms with Gasteiger partial charge in [0, 0.05) is 17.5 Å². The van der Waals surface area contributed by atoms with E-state index in [-0.39, 0.29) is 17.2 Å². The van der Waals surface area contributed by atoms with Gasteiger partial charge in [0.15, 0.2) is 8.32 Å². The van der Waals surface area contributed by atoms with Crippen molar-refractivity contribution in [3.63, 3.8) is 0 Å². The molecule has 5 atom stereocenters. The van der Waals surface area contributed by atoms with Gasteiger partial charge in [0.1, 0.15) is 0 Å². The first kappa shape index (κ1) is 27.2. The van der Waals surface area contributed by atoms with Crippen LogP contribution in [0.1, 0.15) is 72.8 Å². The van der Waals surface area contributed by atoms with Crippen LogP contribution in [0.3, 0.4) is 0 Å². The molecule has 0 radical (unpaired) electrons. The second-order valence-electron chi connectivity index (χ2n) is 13.0. The highest BCUT2D eigenvalue weighted by atomic mass is 28.4. The molecule has 1 unspecified atom stereocenters. The molecule has 2 aliphatic carbocycles. The topological polar surface area (TPSA) is 59.0 Å². The number of ether oxygens (including phenoxy) is 1. The van der Waals surface area contributed by atoms with E-state index in [0.29, 0.717) is 31.0 Å². The maximum Gasteiger partial charge on any atom is 0.407 e. The van der Waals surface area contributed by atoms with Crippen LogP contribution in [0.15, 0.2) is 30.3 Å². The van der Waals surface area contributed by atoms with E-state index in [1.807, 2.05) is 26.8 Å². The van der Waals surface area contributed by atoms with Crippen LogP contribution in [0.4, 0.5) is 4.79 Å². The Morgan fingerprint density at radius 1 is 1.06 bits per heavy atom. The average Bonchev–Trinajstić information content (AvgIpc) is 3.02. The largest absolute Gasteiger partial charge is 0.465 e. The molecule has 1 aromatic rings. The molecule has 0 heterocycles. The number of benzene rings is 1. The average molecular weight is 490 g/mol. The fraction of sp³-hybridized carbons (Fsp3) is 0.750. The van der Waals surface area contributed by atoms with E-state index in [0.717, 1.165) is 25.7 Å². The molecule has 0 aromatic heterocycles. The van der Waals surface area contributed by atoms with Gasteiger partial charge in [-0.05, 0) is 82.0 Å². The van der Waals surface area contributed by atoms with Crippen LogP contribution in [-0.2, 0) is 15.8 Å². The van der Waals surface area contributed by atoms with Crippen LogP contribution in [0.5, 0.6) is 0 Å². The molecule has 192 valence electrons. The van der Waals surface area contributed by atoms with Gasteiger partial charge in [-0.15, -0.1) is 0 Å². The molecule has 3 rings (SSSR count). The van der Waals surface area contributed by atoms with E-state index in [4.69, 9.17) is 9.16 Å². The monoisotopic (exact) mass is 489 g/mol. The van der Waals surface area contributed by atoms with E-state index < -0.39 is 19.9 Å². The van der Waals surface area contributed by atoms with Gasteiger partial charge in [-0.1, -0.05) is 51.1 Å². The van der Waals surface area contributed by atoms with Crippen molar-refractivity contribution in [1.29, 1.82) is 0 Å². The molecular weight excluding hydrogens is 442 g/mol. The van der Waals surface area contributed by atoms with Gasteiger partial charge < -0.3 is 19.2 Å². The molecule has 0 bridgehead atoms. The third kappa shape index (κ3) is 6.24. The number of carbonyl (C=O) groups is 1. The van der Waals surface area contributed by atoms with Crippen molar-refractivity contribution in [2.75, 3.05) is 6.61 Å². The summed E-state index contributed by atoms with van der Waals surface area (Å²) in [6.45, 7) is 18.9. The van der Waals surface area contributed by atoms with E-state index >= 15 is 0 Å². The Labute approximate surface area is 208 Å². The Morgan fingerprint density at radius 3 is 2.26 bits per heavy atom. The summed E-state index contributed by atoms with van der Waals surface area (Å²) in [5.74, 6) is 1.40. The molecule has 0 spiro atoms. The fourth-order valence-electron chi connectivity index (χ4n) is 5.88. The zero-order valence-electron chi connectivity index (χ0n) is 22.6. The number of amides is 1. The Bertz CT molecular complexity index is 814. The van der Waals surface area contributed by atoms with Crippen LogP contribution in [0, 0.1) is 17.8 Å². The molecule has 1 aromatic carbocycles. The van der Waals surface area contributed by atoms with Crippen molar-refractivity contribution >= 4 is 14.4 Å². The smallest absolute Gasteiger partial charge is 0.407 e. The van der Waals surface area contributed by atoms with Gasteiger partial charge in [-0.3, -0.25) is 0 Å². The number of fused-ring (bicyclic) bond motifs is 1. The zero-order valence-corrected chi connectivity index (χ0v) is 23.6. The number of hydrogen-bond donors (Lipinski definition) is 1. The Morgan fingerprint density at radius 2 is 1.71 bits per heavy atom. The molecule has 6 heteroatoms. The lowest BCUT2D eigenvalue weighted by Gasteiger charge is -2.44. The second kappa shape index (κ2) is 10.3. The van der Waals surface area contributed by atoms with Crippen LogP contribution in [0.2, 0.25) is 18.1 Å².